The minimum Gasteiger partial charge on any atom is -3.00 e. The Bertz CT molecular complexity index is 6.00. The van der Waals surface area contributed by atoms with Crippen LogP contribution in [0.5, 0.6) is 0 Å². The number of hydrogen-bond acceptors (Lipinski definition) is 0. The molecule has 4 heteroatoms. The third kappa shape index (κ3) is 8.88. The fourth-order valence-electron chi connectivity index (χ4n) is 0. The Morgan fingerprint density at radius 3 is 0.750 bits per heavy atom. The fourth-order valence-corrected chi connectivity index (χ4v) is 0. The Kier molecular flexibility index (Phi) is 164. The van der Waals surface area contributed by atoms with E-state index in [0.717, 1.165) is 0 Å². The van der Waals surface area contributed by atoms with Crippen LogP contribution in [-0.4, -0.2) is 48.9 Å². The van der Waals surface area contributed by atoms with Crippen LogP contribution in [0.25, 0.3) is 12.3 Å². The Hall–Kier alpha value is 2.21. The molecule has 0 aliphatic heterocycles. The van der Waals surface area contributed by atoms with Gasteiger partial charge in [-0.1, -0.05) is 0 Å². The van der Waals surface area contributed by atoms with Crippen molar-refractivity contribution < 1.29 is 21.7 Å². The first-order chi connectivity index (χ1) is 0. The second-order valence-electron chi connectivity index (χ2n) is 0. The summed E-state index contributed by atoms with van der Waals surface area (Å²) in [6, 6.07) is 0. The average Bonchev–Trinajstić information content (AvgIpc) is 0. The Balaban J connectivity index is 0. The molecule has 0 saturated heterocycles. The zero-order chi connectivity index (χ0) is 0. The molecule has 0 atom stereocenters. The molecule has 4 heavy (non-hydrogen) atoms. The predicted octanol–water partition coefficient (Wildman–Crippen LogP) is 0.194. The quantitative estimate of drug-likeness (QED) is 0.516. The molecule has 16 valence electrons. The minimum atomic E-state index is 0. The standard InChI is InChI=1S/Ba.2N.Ti/q+2;2*-3;+4. The molecule has 0 aromatic rings. The number of rotatable bonds is 0. The summed E-state index contributed by atoms with van der Waals surface area (Å²) in [5, 5.41) is 0. The monoisotopic (exact) mass is 214 g/mol. The van der Waals surface area contributed by atoms with Gasteiger partial charge in [-0.2, -0.15) is 0 Å². The van der Waals surface area contributed by atoms with Crippen molar-refractivity contribution in [1.82, 2.24) is 0 Å². The van der Waals surface area contributed by atoms with E-state index in [1.807, 2.05) is 0 Å². The molecule has 0 unspecified atom stereocenters. The van der Waals surface area contributed by atoms with E-state index < -0.39 is 0 Å². The Morgan fingerprint density at radius 2 is 0.750 bits per heavy atom. The first-order valence-corrected chi connectivity index (χ1v) is 0. The second-order valence-corrected chi connectivity index (χ2v) is 0. The van der Waals surface area contributed by atoms with Crippen molar-refractivity contribution in [2.45, 2.75) is 0 Å². The van der Waals surface area contributed by atoms with Crippen LogP contribution in [0, 0.1) is 0 Å². The van der Waals surface area contributed by atoms with Crippen molar-refractivity contribution in [3.05, 3.63) is 12.3 Å². The maximum absolute atomic E-state index is 0. The summed E-state index contributed by atoms with van der Waals surface area (Å²) in [5.74, 6) is 0. The smallest absolute Gasteiger partial charge is 3.00 e. The fraction of sp³-hybridized carbons (Fsp3) is 0. The molecule has 0 aromatic carbocycles. The van der Waals surface area contributed by atoms with Crippen LogP contribution in [0.4, 0.5) is 0 Å². The van der Waals surface area contributed by atoms with Gasteiger partial charge in [0.15, 0.2) is 0 Å². The number of hydrogen-bond donors (Lipinski definition) is 0. The SMILES string of the molecule is [Ba+2].[N-3].[N-3].[Ti+4]. The van der Waals surface area contributed by atoms with Gasteiger partial charge >= 0.3 is 70.6 Å². The van der Waals surface area contributed by atoms with E-state index in [1.165, 1.54) is 0 Å². The summed E-state index contributed by atoms with van der Waals surface area (Å²) in [6.07, 6.45) is 0. The van der Waals surface area contributed by atoms with Crippen molar-refractivity contribution in [2.75, 3.05) is 0 Å². The molecule has 0 spiro atoms. The average molecular weight is 213 g/mol. The van der Waals surface area contributed by atoms with E-state index in [-0.39, 0.29) is 82.9 Å². The maximum Gasteiger partial charge on any atom is 4.00 e. The van der Waals surface area contributed by atoms with Gasteiger partial charge in [0.1, 0.15) is 0 Å². The maximum atomic E-state index is 0. The zero-order valence-electron chi connectivity index (χ0n) is 2.10. The van der Waals surface area contributed by atoms with E-state index in [1.54, 1.807) is 0 Å². The molecule has 0 rings (SSSR count). The summed E-state index contributed by atoms with van der Waals surface area (Å²) in [4.78, 5) is 0. The van der Waals surface area contributed by atoms with Crippen molar-refractivity contribution >= 4 is 48.9 Å². The third-order valence-corrected chi connectivity index (χ3v) is 0. The first kappa shape index (κ1) is 34.6. The molecule has 0 radical (unpaired) electrons. The molecule has 0 aromatic heterocycles. The summed E-state index contributed by atoms with van der Waals surface area (Å²) in [7, 11) is 0. The van der Waals surface area contributed by atoms with Crippen molar-refractivity contribution in [2.24, 2.45) is 0 Å². The molecular weight excluding hydrogens is 213 g/mol. The normalized spacial score (nSPS) is 0. The van der Waals surface area contributed by atoms with Crippen LogP contribution >= 0.6 is 0 Å². The molecule has 0 saturated carbocycles. The van der Waals surface area contributed by atoms with Gasteiger partial charge in [-0.05, 0) is 0 Å². The largest absolute Gasteiger partial charge is 4.00 e. The summed E-state index contributed by atoms with van der Waals surface area (Å²) >= 11 is 0. The van der Waals surface area contributed by atoms with Gasteiger partial charge in [0.05, 0.1) is 0 Å². The molecule has 0 heterocycles. The molecule has 0 bridgehead atoms. The first-order valence-electron chi connectivity index (χ1n) is 0. The second kappa shape index (κ2) is 18.9. The predicted molar refractivity (Wildman–Crippen MR) is 12.5 cm³/mol. The van der Waals surface area contributed by atoms with Crippen LogP contribution in [-0.2, 0) is 21.7 Å². The van der Waals surface area contributed by atoms with Gasteiger partial charge < -0.3 is 12.3 Å². The molecule has 0 N–H and O–H groups in total. The Labute approximate surface area is 81.2 Å². The van der Waals surface area contributed by atoms with Crippen LogP contribution in [0.15, 0.2) is 0 Å². The third-order valence-electron chi connectivity index (χ3n) is 0. The summed E-state index contributed by atoms with van der Waals surface area (Å²) < 4.78 is 0. The minimum absolute atomic E-state index is 0. The Morgan fingerprint density at radius 1 is 0.750 bits per heavy atom. The summed E-state index contributed by atoms with van der Waals surface area (Å²) in [6.45, 7) is 0. The van der Waals surface area contributed by atoms with Gasteiger partial charge in [0.25, 0.3) is 0 Å². The van der Waals surface area contributed by atoms with Crippen LogP contribution < -0.4 is 0 Å². The van der Waals surface area contributed by atoms with E-state index in [4.69, 9.17) is 0 Å². The van der Waals surface area contributed by atoms with E-state index in [9.17, 15) is 0 Å². The van der Waals surface area contributed by atoms with Crippen LogP contribution in [0.3, 0.4) is 0 Å². The van der Waals surface area contributed by atoms with Gasteiger partial charge in [0, 0.05) is 0 Å². The molecule has 0 aliphatic carbocycles. The van der Waals surface area contributed by atoms with Crippen molar-refractivity contribution in [3.63, 3.8) is 0 Å². The topological polar surface area (TPSA) is 61.0 Å². The van der Waals surface area contributed by atoms with E-state index in [2.05, 4.69) is 0 Å². The molecule has 0 aliphatic rings. The molecule has 0 amide bonds. The van der Waals surface area contributed by atoms with E-state index in [0.29, 0.717) is 0 Å². The molecule has 0 fully saturated rings. The molecule has 2 nitrogen and oxygen atoms in total. The number of nitrogens with zero attached hydrogens (tertiary/aromatic N) is 2. The van der Waals surface area contributed by atoms with Gasteiger partial charge in [0.2, 0.25) is 0 Å². The van der Waals surface area contributed by atoms with Crippen LogP contribution in [0.2, 0.25) is 0 Å². The molecular formula is BaN2Ti. The summed E-state index contributed by atoms with van der Waals surface area (Å²) in [5.41, 5.74) is 0. The van der Waals surface area contributed by atoms with Crippen LogP contribution in [0.1, 0.15) is 0 Å². The zero-order valence-corrected chi connectivity index (χ0v) is 8.10. The van der Waals surface area contributed by atoms with E-state index >= 15 is 0 Å². The van der Waals surface area contributed by atoms with Crippen molar-refractivity contribution in [3.8, 4) is 0 Å². The van der Waals surface area contributed by atoms with Gasteiger partial charge in [-0.3, -0.25) is 0 Å². The van der Waals surface area contributed by atoms with Crippen molar-refractivity contribution in [1.29, 1.82) is 0 Å². The van der Waals surface area contributed by atoms with Gasteiger partial charge in [-0.15, -0.1) is 0 Å². The van der Waals surface area contributed by atoms with Gasteiger partial charge in [-0.25, -0.2) is 0 Å².